The predicted octanol–water partition coefficient (Wildman–Crippen LogP) is 0.209. The molecule has 1 N–H and O–H groups in total. The van der Waals surface area contributed by atoms with Crippen molar-refractivity contribution in [2.24, 2.45) is 0 Å². The van der Waals surface area contributed by atoms with Crippen LogP contribution in [0.2, 0.25) is 0 Å². The minimum atomic E-state index is -0.858. The van der Waals surface area contributed by atoms with Crippen LogP contribution >= 0.6 is 0 Å². The minimum Gasteiger partial charge on any atom is -0.383 e. The van der Waals surface area contributed by atoms with E-state index < -0.39 is 22.8 Å². The Labute approximate surface area is 137 Å². The van der Waals surface area contributed by atoms with Crippen LogP contribution in [0.15, 0.2) is 40.2 Å². The molecule has 7 nitrogen and oxygen atoms in total. The molecule has 0 aliphatic rings. The van der Waals surface area contributed by atoms with Crippen molar-refractivity contribution in [3.05, 3.63) is 62.7 Å². The zero-order chi connectivity index (χ0) is 17.7. The summed E-state index contributed by atoms with van der Waals surface area (Å²) < 4.78 is 20.3. The van der Waals surface area contributed by atoms with Gasteiger partial charge in [-0.2, -0.15) is 0 Å². The number of methoxy groups -OCH3 is 1. The molecule has 8 heteroatoms. The maximum absolute atomic E-state index is 13.4. The molecule has 2 rings (SSSR count). The minimum absolute atomic E-state index is 0.277. The number of nitrogens with zero attached hydrogens (tertiary/aromatic N) is 2. The second kappa shape index (κ2) is 7.69. The van der Waals surface area contributed by atoms with Crippen molar-refractivity contribution < 1.29 is 13.9 Å². The number of carbonyl (C=O) groups excluding carboxylic acids is 1. The van der Waals surface area contributed by atoms with Crippen molar-refractivity contribution in [3.63, 3.8) is 0 Å². The smallest absolute Gasteiger partial charge is 0.320 e. The number of hydrogen-bond acceptors (Lipinski definition) is 4. The molecule has 0 aliphatic carbocycles. The third-order valence-electron chi connectivity index (χ3n) is 3.43. The highest BCUT2D eigenvalue weighted by Crippen LogP contribution is 2.13. The molecule has 0 unspecified atom stereocenters. The monoisotopic (exact) mass is 335 g/mol. The van der Waals surface area contributed by atoms with Crippen molar-refractivity contribution in [1.82, 2.24) is 14.5 Å². The lowest BCUT2D eigenvalue weighted by atomic mass is 10.2. The van der Waals surface area contributed by atoms with Gasteiger partial charge >= 0.3 is 11.1 Å². The summed E-state index contributed by atoms with van der Waals surface area (Å²) in [5, 5.41) is 2.56. The van der Waals surface area contributed by atoms with Crippen LogP contribution in [0.1, 0.15) is 5.56 Å². The van der Waals surface area contributed by atoms with Crippen LogP contribution in [0.25, 0.3) is 5.69 Å². The van der Waals surface area contributed by atoms with E-state index in [4.69, 9.17) is 4.74 Å². The first-order chi connectivity index (χ1) is 11.4. The van der Waals surface area contributed by atoms with Crippen molar-refractivity contribution >= 4 is 5.91 Å². The fourth-order valence-corrected chi connectivity index (χ4v) is 2.17. The van der Waals surface area contributed by atoms with E-state index in [-0.39, 0.29) is 12.2 Å². The second-order valence-electron chi connectivity index (χ2n) is 5.18. The first-order valence-electron chi connectivity index (χ1n) is 7.28. The molecule has 0 aliphatic heterocycles. The van der Waals surface area contributed by atoms with E-state index in [0.717, 1.165) is 9.13 Å². The van der Waals surface area contributed by atoms with Crippen molar-refractivity contribution in [2.45, 2.75) is 13.5 Å². The normalized spacial score (nSPS) is 10.6. The van der Waals surface area contributed by atoms with Gasteiger partial charge in [0.2, 0.25) is 5.91 Å². The predicted molar refractivity (Wildman–Crippen MR) is 85.9 cm³/mol. The highest BCUT2D eigenvalue weighted by Gasteiger charge is 2.11. The number of hydrogen-bond donors (Lipinski definition) is 1. The SMILES string of the molecule is COCCNC(=O)Cn1ccn(-c2cc(F)ccc2C)c(=O)c1=O. The highest BCUT2D eigenvalue weighted by atomic mass is 19.1. The van der Waals surface area contributed by atoms with Gasteiger partial charge in [0.25, 0.3) is 0 Å². The molecular weight excluding hydrogens is 317 g/mol. The van der Waals surface area contributed by atoms with Crippen LogP contribution in [-0.4, -0.2) is 35.3 Å². The molecule has 1 amide bonds. The van der Waals surface area contributed by atoms with E-state index in [1.54, 1.807) is 6.92 Å². The lowest BCUT2D eigenvalue weighted by molar-refractivity contribution is -0.121. The maximum atomic E-state index is 13.4. The van der Waals surface area contributed by atoms with E-state index in [0.29, 0.717) is 18.7 Å². The van der Waals surface area contributed by atoms with Crippen LogP contribution < -0.4 is 16.4 Å². The van der Waals surface area contributed by atoms with Crippen molar-refractivity contribution in [3.8, 4) is 5.69 Å². The quantitative estimate of drug-likeness (QED) is 0.604. The molecule has 0 atom stereocenters. The lowest BCUT2D eigenvalue weighted by Gasteiger charge is -2.11. The third-order valence-corrected chi connectivity index (χ3v) is 3.43. The Kier molecular flexibility index (Phi) is 5.64. The summed E-state index contributed by atoms with van der Waals surface area (Å²) in [4.78, 5) is 36.1. The van der Waals surface area contributed by atoms with Crippen LogP contribution in [0.3, 0.4) is 0 Å². The number of carbonyl (C=O) groups is 1. The Morgan fingerprint density at radius 1 is 1.25 bits per heavy atom. The first kappa shape index (κ1) is 17.6. The summed E-state index contributed by atoms with van der Waals surface area (Å²) in [5.74, 6) is -0.919. The lowest BCUT2D eigenvalue weighted by Crippen LogP contribution is -2.43. The van der Waals surface area contributed by atoms with E-state index in [1.165, 1.54) is 37.7 Å². The molecule has 1 heterocycles. The largest absolute Gasteiger partial charge is 0.383 e. The number of aromatic nitrogens is 2. The number of aryl methyl sites for hydroxylation is 1. The Bertz CT molecular complexity index is 857. The van der Waals surface area contributed by atoms with Gasteiger partial charge in [-0.05, 0) is 24.6 Å². The summed E-state index contributed by atoms with van der Waals surface area (Å²) in [6.07, 6.45) is 2.66. The second-order valence-corrected chi connectivity index (χ2v) is 5.18. The zero-order valence-corrected chi connectivity index (χ0v) is 13.4. The molecule has 0 bridgehead atoms. The number of halogens is 1. The fourth-order valence-electron chi connectivity index (χ4n) is 2.17. The first-order valence-corrected chi connectivity index (χ1v) is 7.28. The van der Waals surface area contributed by atoms with E-state index in [2.05, 4.69) is 5.32 Å². The molecule has 0 fully saturated rings. The van der Waals surface area contributed by atoms with E-state index >= 15 is 0 Å². The van der Waals surface area contributed by atoms with E-state index in [9.17, 15) is 18.8 Å². The number of benzene rings is 1. The van der Waals surface area contributed by atoms with Crippen LogP contribution in [0, 0.1) is 12.7 Å². The van der Waals surface area contributed by atoms with Gasteiger partial charge in [0.15, 0.2) is 0 Å². The van der Waals surface area contributed by atoms with Crippen molar-refractivity contribution in [1.29, 1.82) is 0 Å². The molecule has 0 saturated heterocycles. The Morgan fingerprint density at radius 3 is 2.71 bits per heavy atom. The van der Waals surface area contributed by atoms with Gasteiger partial charge < -0.3 is 10.1 Å². The summed E-state index contributed by atoms with van der Waals surface area (Å²) in [6.45, 7) is 2.08. The Hall–Kier alpha value is -2.74. The molecule has 24 heavy (non-hydrogen) atoms. The Balaban J connectivity index is 2.29. The third kappa shape index (κ3) is 3.96. The van der Waals surface area contributed by atoms with Gasteiger partial charge in [0, 0.05) is 26.0 Å². The topological polar surface area (TPSA) is 82.3 Å². The molecule has 0 spiro atoms. The van der Waals surface area contributed by atoms with E-state index in [1.807, 2.05) is 0 Å². The summed E-state index contributed by atoms with van der Waals surface area (Å²) in [5.41, 5.74) is -0.777. The Morgan fingerprint density at radius 2 is 2.00 bits per heavy atom. The van der Waals surface area contributed by atoms with Gasteiger partial charge in [-0.25, -0.2) is 4.39 Å². The summed E-state index contributed by atoms with van der Waals surface area (Å²) >= 11 is 0. The molecule has 0 radical (unpaired) electrons. The number of nitrogens with one attached hydrogen (secondary N) is 1. The summed E-state index contributed by atoms with van der Waals surface area (Å²) in [7, 11) is 1.50. The molecule has 2 aromatic rings. The zero-order valence-electron chi connectivity index (χ0n) is 13.4. The number of rotatable bonds is 6. The fraction of sp³-hybridized carbons (Fsp3) is 0.312. The standard InChI is InChI=1S/C16H18FN3O4/c1-11-3-4-12(17)9-13(11)20-7-6-19(15(22)16(20)23)10-14(21)18-5-8-24-2/h3-4,6-7,9H,5,8,10H2,1-2H3,(H,18,21). The summed E-state index contributed by atoms with van der Waals surface area (Å²) in [6, 6.07) is 3.97. The van der Waals surface area contributed by atoms with Crippen molar-refractivity contribution in [2.75, 3.05) is 20.3 Å². The van der Waals surface area contributed by atoms with Gasteiger partial charge in [0.05, 0.1) is 12.3 Å². The molecular formula is C16H18FN3O4. The molecule has 128 valence electrons. The maximum Gasteiger partial charge on any atom is 0.320 e. The highest BCUT2D eigenvalue weighted by molar-refractivity contribution is 5.75. The van der Waals surface area contributed by atoms with Gasteiger partial charge in [-0.15, -0.1) is 0 Å². The molecule has 1 aromatic carbocycles. The average molecular weight is 335 g/mol. The van der Waals surface area contributed by atoms with Gasteiger partial charge in [-0.1, -0.05) is 6.07 Å². The van der Waals surface area contributed by atoms with Gasteiger partial charge in [-0.3, -0.25) is 23.5 Å². The number of ether oxygens (including phenoxy) is 1. The van der Waals surface area contributed by atoms with Gasteiger partial charge in [0.1, 0.15) is 12.4 Å². The van der Waals surface area contributed by atoms with Crippen LogP contribution in [0.4, 0.5) is 4.39 Å². The number of amides is 1. The molecule has 0 saturated carbocycles. The van der Waals surface area contributed by atoms with Crippen LogP contribution in [0.5, 0.6) is 0 Å². The molecule has 1 aromatic heterocycles. The van der Waals surface area contributed by atoms with Crippen LogP contribution in [-0.2, 0) is 16.1 Å². The average Bonchev–Trinajstić information content (AvgIpc) is 2.55.